The number of nitrogens with zero attached hydrogens (tertiary/aromatic N) is 4. The molecule has 0 bridgehead atoms. The molecule has 0 spiro atoms. The predicted octanol–water partition coefficient (Wildman–Crippen LogP) is 3.25. The molecule has 21 heavy (non-hydrogen) atoms. The van der Waals surface area contributed by atoms with E-state index in [0.717, 1.165) is 28.9 Å². The molecule has 3 heterocycles. The third-order valence-corrected chi connectivity index (χ3v) is 4.66. The number of nitrogens with one attached hydrogen (secondary N) is 2. The van der Waals surface area contributed by atoms with Crippen molar-refractivity contribution in [2.24, 2.45) is 0 Å². The number of hydrogen-bond acceptors (Lipinski definition) is 6. The number of thiophene rings is 1. The molecule has 0 aromatic carbocycles. The van der Waals surface area contributed by atoms with Crippen LogP contribution in [-0.2, 0) is 6.54 Å². The average Bonchev–Trinajstić information content (AvgIpc) is 3.07. The number of imidazole rings is 1. The zero-order chi connectivity index (χ0) is 14.8. The molecular weight excluding hydrogens is 352 g/mol. The Kier molecular flexibility index (Phi) is 4.07. The minimum absolute atomic E-state index is 0.603. The van der Waals surface area contributed by atoms with Gasteiger partial charge in [0.05, 0.1) is 12.9 Å². The summed E-state index contributed by atoms with van der Waals surface area (Å²) in [7, 11) is 2.02. The smallest absolute Gasteiger partial charge is 0.226 e. The number of hydrogen-bond donors (Lipinski definition) is 2. The van der Waals surface area contributed by atoms with Crippen LogP contribution in [0, 0.1) is 0 Å². The maximum absolute atomic E-state index is 4.59. The van der Waals surface area contributed by atoms with E-state index in [-0.39, 0.29) is 0 Å². The third kappa shape index (κ3) is 3.01. The Morgan fingerprint density at radius 1 is 1.43 bits per heavy atom. The molecular formula is C13H15BrN6S. The minimum Gasteiger partial charge on any atom is -0.354 e. The van der Waals surface area contributed by atoms with Gasteiger partial charge in [-0.15, -0.1) is 11.3 Å². The second kappa shape index (κ2) is 5.98. The Labute approximate surface area is 134 Å². The highest BCUT2D eigenvalue weighted by Gasteiger charge is 2.14. The molecule has 0 unspecified atom stereocenters. The van der Waals surface area contributed by atoms with Crippen molar-refractivity contribution in [2.75, 3.05) is 23.8 Å². The number of fused-ring (bicyclic) bond motifs is 1. The first kappa shape index (κ1) is 14.3. The molecule has 3 aromatic heterocycles. The first-order valence-corrected chi connectivity index (χ1v) is 8.23. The molecule has 2 N–H and O–H groups in total. The van der Waals surface area contributed by atoms with Gasteiger partial charge in [0, 0.05) is 28.3 Å². The SMILES string of the molecule is CCNc1nc(N(C)Cc2cc(Br)cs2)c2[nH]cnc2n1. The molecule has 110 valence electrons. The molecule has 3 rings (SSSR count). The Morgan fingerprint density at radius 3 is 3.00 bits per heavy atom. The van der Waals surface area contributed by atoms with Crippen molar-refractivity contribution >= 4 is 50.2 Å². The van der Waals surface area contributed by atoms with Gasteiger partial charge in [-0.25, -0.2) is 4.98 Å². The molecule has 0 amide bonds. The van der Waals surface area contributed by atoms with Crippen molar-refractivity contribution in [3.8, 4) is 0 Å². The standard InChI is InChI=1S/C13H15BrN6S/c1-3-15-13-18-11-10(16-7-17-11)12(19-13)20(2)5-9-4-8(14)6-21-9/h4,6-7H,3,5H2,1-2H3,(H2,15,16,17,18,19). The highest BCUT2D eigenvalue weighted by molar-refractivity contribution is 9.10. The van der Waals surface area contributed by atoms with Crippen LogP contribution in [0.25, 0.3) is 11.2 Å². The van der Waals surface area contributed by atoms with Gasteiger partial charge in [-0.3, -0.25) is 0 Å². The Bertz CT molecular complexity index is 752. The Morgan fingerprint density at radius 2 is 2.29 bits per heavy atom. The first-order valence-electron chi connectivity index (χ1n) is 6.56. The van der Waals surface area contributed by atoms with Crippen molar-refractivity contribution < 1.29 is 0 Å². The van der Waals surface area contributed by atoms with Crippen molar-refractivity contribution in [3.63, 3.8) is 0 Å². The topological polar surface area (TPSA) is 69.7 Å². The molecule has 0 fully saturated rings. The van der Waals surface area contributed by atoms with Crippen molar-refractivity contribution in [1.29, 1.82) is 0 Å². The van der Waals surface area contributed by atoms with Gasteiger partial charge in [-0.1, -0.05) is 0 Å². The fourth-order valence-electron chi connectivity index (χ4n) is 2.08. The zero-order valence-electron chi connectivity index (χ0n) is 11.7. The monoisotopic (exact) mass is 366 g/mol. The van der Waals surface area contributed by atoms with Crippen LogP contribution in [0.4, 0.5) is 11.8 Å². The van der Waals surface area contributed by atoms with Crippen LogP contribution >= 0.6 is 27.3 Å². The summed E-state index contributed by atoms with van der Waals surface area (Å²) in [5.41, 5.74) is 1.53. The number of anilines is 2. The molecule has 0 aliphatic rings. The van der Waals surface area contributed by atoms with Crippen LogP contribution in [0.15, 0.2) is 22.2 Å². The number of H-pyrrole nitrogens is 1. The summed E-state index contributed by atoms with van der Waals surface area (Å²) in [6.07, 6.45) is 1.65. The van der Waals surface area contributed by atoms with Gasteiger partial charge in [-0.2, -0.15) is 9.97 Å². The fraction of sp³-hybridized carbons (Fsp3) is 0.308. The number of halogens is 1. The second-order valence-corrected chi connectivity index (χ2v) is 6.50. The summed E-state index contributed by atoms with van der Waals surface area (Å²) in [6.45, 7) is 3.58. The summed E-state index contributed by atoms with van der Waals surface area (Å²) in [6, 6.07) is 2.12. The Hall–Kier alpha value is -1.67. The van der Waals surface area contributed by atoms with Gasteiger partial charge < -0.3 is 15.2 Å². The summed E-state index contributed by atoms with van der Waals surface area (Å²) in [5.74, 6) is 1.45. The molecule has 8 heteroatoms. The van der Waals surface area contributed by atoms with E-state index in [1.54, 1.807) is 17.7 Å². The molecule has 0 radical (unpaired) electrons. The van der Waals surface area contributed by atoms with Crippen molar-refractivity contribution in [1.82, 2.24) is 19.9 Å². The highest BCUT2D eigenvalue weighted by Crippen LogP contribution is 2.26. The van der Waals surface area contributed by atoms with Gasteiger partial charge in [0.2, 0.25) is 5.95 Å². The Balaban J connectivity index is 1.95. The van der Waals surface area contributed by atoms with Gasteiger partial charge >= 0.3 is 0 Å². The van der Waals surface area contributed by atoms with Crippen LogP contribution in [0.3, 0.4) is 0 Å². The quantitative estimate of drug-likeness (QED) is 0.725. The van der Waals surface area contributed by atoms with Gasteiger partial charge in [0.15, 0.2) is 11.5 Å². The van der Waals surface area contributed by atoms with Crippen LogP contribution in [0.1, 0.15) is 11.8 Å². The third-order valence-electron chi connectivity index (χ3n) is 2.98. The molecule has 3 aromatic rings. The van der Waals surface area contributed by atoms with Gasteiger partial charge in [-0.05, 0) is 28.9 Å². The second-order valence-electron chi connectivity index (χ2n) is 4.59. The molecule has 0 saturated heterocycles. The van der Waals surface area contributed by atoms with E-state index < -0.39 is 0 Å². The van der Waals surface area contributed by atoms with Crippen LogP contribution in [0.2, 0.25) is 0 Å². The number of aromatic nitrogens is 4. The normalized spacial score (nSPS) is 11.0. The predicted molar refractivity (Wildman–Crippen MR) is 90.0 cm³/mol. The lowest BCUT2D eigenvalue weighted by molar-refractivity contribution is 0.911. The summed E-state index contributed by atoms with van der Waals surface area (Å²) in [4.78, 5) is 19.7. The van der Waals surface area contributed by atoms with E-state index in [1.807, 2.05) is 14.0 Å². The summed E-state index contributed by atoms with van der Waals surface area (Å²) < 4.78 is 1.11. The molecule has 0 aliphatic carbocycles. The minimum atomic E-state index is 0.603. The molecule has 0 atom stereocenters. The lowest BCUT2D eigenvalue weighted by Crippen LogP contribution is -2.18. The zero-order valence-corrected chi connectivity index (χ0v) is 14.1. The lowest BCUT2D eigenvalue weighted by Gasteiger charge is -2.18. The van der Waals surface area contributed by atoms with Crippen molar-refractivity contribution in [3.05, 3.63) is 27.1 Å². The molecule has 0 saturated carbocycles. The first-order chi connectivity index (χ1) is 10.2. The van der Waals surface area contributed by atoms with Crippen LogP contribution in [0.5, 0.6) is 0 Å². The summed E-state index contributed by atoms with van der Waals surface area (Å²) in [5, 5.41) is 5.23. The maximum atomic E-state index is 4.59. The van der Waals surface area contributed by atoms with Gasteiger partial charge in [0.25, 0.3) is 0 Å². The highest BCUT2D eigenvalue weighted by atomic mass is 79.9. The summed E-state index contributed by atoms with van der Waals surface area (Å²) >= 11 is 5.21. The van der Waals surface area contributed by atoms with Crippen LogP contribution < -0.4 is 10.2 Å². The van der Waals surface area contributed by atoms with Crippen LogP contribution in [-0.4, -0.2) is 33.5 Å². The van der Waals surface area contributed by atoms with E-state index in [2.05, 4.69) is 57.5 Å². The van der Waals surface area contributed by atoms with E-state index in [0.29, 0.717) is 11.6 Å². The van der Waals surface area contributed by atoms with E-state index >= 15 is 0 Å². The average molecular weight is 367 g/mol. The van der Waals surface area contributed by atoms with E-state index in [9.17, 15) is 0 Å². The van der Waals surface area contributed by atoms with Crippen molar-refractivity contribution in [2.45, 2.75) is 13.5 Å². The molecule has 0 aliphatic heterocycles. The van der Waals surface area contributed by atoms with E-state index in [1.165, 1.54) is 4.88 Å². The largest absolute Gasteiger partial charge is 0.354 e. The lowest BCUT2D eigenvalue weighted by atomic mass is 10.4. The van der Waals surface area contributed by atoms with E-state index in [4.69, 9.17) is 0 Å². The molecule has 6 nitrogen and oxygen atoms in total. The number of aromatic amines is 1. The van der Waals surface area contributed by atoms with Gasteiger partial charge in [0.1, 0.15) is 5.52 Å². The number of rotatable bonds is 5. The fourth-order valence-corrected chi connectivity index (χ4v) is 3.58. The maximum Gasteiger partial charge on any atom is 0.226 e.